The monoisotopic (exact) mass is 440 g/mol. The second-order valence-electron chi connectivity index (χ2n) is 5.11. The molecule has 9 heteroatoms. The van der Waals surface area contributed by atoms with Crippen molar-refractivity contribution in [2.24, 2.45) is 0 Å². The number of halogens is 1. The minimum absolute atomic E-state index is 0.124. The second kappa shape index (κ2) is 9.67. The zero-order valence-corrected chi connectivity index (χ0v) is 16.5. The van der Waals surface area contributed by atoms with Crippen molar-refractivity contribution in [1.82, 2.24) is 5.32 Å². The van der Waals surface area contributed by atoms with Crippen LogP contribution >= 0.6 is 27.7 Å². The van der Waals surface area contributed by atoms with Gasteiger partial charge in [-0.1, -0.05) is 27.7 Å². The molecule has 2 aromatic carbocycles. The topological polar surface area (TPSA) is 90.7 Å². The summed E-state index contributed by atoms with van der Waals surface area (Å²) in [5.74, 6) is -0.438. The van der Waals surface area contributed by atoms with Crippen molar-refractivity contribution >= 4 is 39.3 Å². The summed E-state index contributed by atoms with van der Waals surface area (Å²) in [6.07, 6.45) is -0.582. The molecule has 1 amide bonds. The van der Waals surface area contributed by atoms with E-state index < -0.39 is 17.1 Å². The Bertz CT molecular complexity index is 781. The van der Waals surface area contributed by atoms with E-state index in [0.717, 1.165) is 9.37 Å². The van der Waals surface area contributed by atoms with Gasteiger partial charge in [0, 0.05) is 35.2 Å². The van der Waals surface area contributed by atoms with Crippen molar-refractivity contribution in [3.8, 4) is 0 Å². The lowest BCUT2D eigenvalue weighted by Gasteiger charge is -2.14. The molecular weight excluding hydrogens is 424 g/mol. The fourth-order valence-electron chi connectivity index (χ4n) is 2.06. The maximum Gasteiger partial charge on any atom is 0.284 e. The maximum atomic E-state index is 12.2. The third-order valence-corrected chi connectivity index (χ3v) is 5.02. The number of methoxy groups -OCH3 is 2. The van der Waals surface area contributed by atoms with Crippen LogP contribution in [0.2, 0.25) is 0 Å². The number of amides is 1. The maximum absolute atomic E-state index is 12.2. The molecule has 0 heterocycles. The molecule has 138 valence electrons. The predicted octanol–water partition coefficient (Wildman–Crippen LogP) is 3.86. The molecule has 0 atom stereocenters. The first kappa shape index (κ1) is 20.4. The summed E-state index contributed by atoms with van der Waals surface area (Å²) >= 11 is 4.61. The molecule has 0 bridgehead atoms. The molecule has 0 spiro atoms. The van der Waals surface area contributed by atoms with Crippen molar-refractivity contribution in [1.29, 1.82) is 0 Å². The number of carbonyl (C=O) groups excluding carboxylic acids is 1. The van der Waals surface area contributed by atoms with E-state index in [1.165, 1.54) is 32.0 Å². The summed E-state index contributed by atoms with van der Waals surface area (Å²) < 4.78 is 10.9. The van der Waals surface area contributed by atoms with Crippen LogP contribution in [0.3, 0.4) is 0 Å². The van der Waals surface area contributed by atoms with Crippen molar-refractivity contribution in [2.75, 3.05) is 20.8 Å². The van der Waals surface area contributed by atoms with E-state index >= 15 is 0 Å². The van der Waals surface area contributed by atoms with Gasteiger partial charge in [0.2, 0.25) is 0 Å². The van der Waals surface area contributed by atoms with Gasteiger partial charge in [0.15, 0.2) is 6.29 Å². The Kier molecular flexibility index (Phi) is 7.58. The second-order valence-corrected chi connectivity index (χ2v) is 7.14. The fourth-order valence-corrected chi connectivity index (χ4v) is 3.22. The highest BCUT2D eigenvalue weighted by atomic mass is 79.9. The van der Waals surface area contributed by atoms with E-state index in [0.29, 0.717) is 4.90 Å². The zero-order chi connectivity index (χ0) is 19.1. The van der Waals surface area contributed by atoms with E-state index in [1.54, 1.807) is 12.1 Å². The number of ether oxygens (including phenoxy) is 2. The van der Waals surface area contributed by atoms with Crippen LogP contribution in [0.15, 0.2) is 56.7 Å². The Morgan fingerprint density at radius 1 is 1.23 bits per heavy atom. The molecule has 7 nitrogen and oxygen atoms in total. The van der Waals surface area contributed by atoms with E-state index in [9.17, 15) is 14.9 Å². The Hall–Kier alpha value is -1.94. The molecule has 0 saturated heterocycles. The van der Waals surface area contributed by atoms with Crippen molar-refractivity contribution in [3.05, 3.63) is 62.6 Å². The molecule has 0 unspecified atom stereocenters. The van der Waals surface area contributed by atoms with Crippen LogP contribution in [0.4, 0.5) is 5.69 Å². The molecule has 0 aliphatic rings. The highest BCUT2D eigenvalue weighted by Gasteiger charge is 2.19. The molecule has 2 rings (SSSR count). The molecule has 2 aromatic rings. The predicted molar refractivity (Wildman–Crippen MR) is 102 cm³/mol. The molecule has 1 N–H and O–H groups in total. The number of hydrogen-bond acceptors (Lipinski definition) is 6. The molecular formula is C17H17BrN2O5S. The van der Waals surface area contributed by atoms with Crippen LogP contribution in [-0.2, 0) is 9.47 Å². The minimum Gasteiger partial charge on any atom is -0.354 e. The van der Waals surface area contributed by atoms with Crippen molar-refractivity contribution in [2.45, 2.75) is 16.1 Å². The lowest BCUT2D eigenvalue weighted by atomic mass is 10.2. The largest absolute Gasteiger partial charge is 0.354 e. The lowest BCUT2D eigenvalue weighted by Crippen LogP contribution is -2.34. The van der Waals surface area contributed by atoms with Crippen LogP contribution in [0, 0.1) is 10.1 Å². The van der Waals surface area contributed by atoms with Crippen LogP contribution in [0.1, 0.15) is 10.4 Å². The summed E-state index contributed by atoms with van der Waals surface area (Å²) in [6, 6.07) is 11.8. The number of benzene rings is 2. The van der Waals surface area contributed by atoms with Gasteiger partial charge in [-0.05, 0) is 36.4 Å². The third kappa shape index (κ3) is 5.53. The summed E-state index contributed by atoms with van der Waals surface area (Å²) in [4.78, 5) is 24.4. The SMILES string of the molecule is COC(CNC(=O)c1ccc(Sc2ccc(Br)cc2)c([N+](=O)[O-])c1)OC. The molecule has 0 radical (unpaired) electrons. The van der Waals surface area contributed by atoms with Gasteiger partial charge in [-0.25, -0.2) is 0 Å². The highest BCUT2D eigenvalue weighted by Crippen LogP contribution is 2.35. The van der Waals surface area contributed by atoms with Gasteiger partial charge in [-0.3, -0.25) is 14.9 Å². The van der Waals surface area contributed by atoms with E-state index in [-0.39, 0.29) is 17.8 Å². The molecule has 0 saturated carbocycles. The Morgan fingerprint density at radius 3 is 2.46 bits per heavy atom. The summed E-state index contributed by atoms with van der Waals surface area (Å²) in [6.45, 7) is 0.134. The summed E-state index contributed by atoms with van der Waals surface area (Å²) in [5.41, 5.74) is 0.0726. The number of hydrogen-bond donors (Lipinski definition) is 1. The standard InChI is InChI=1S/C17H17BrN2O5S/c1-24-16(25-2)10-19-17(21)11-3-8-15(14(9-11)20(22)23)26-13-6-4-12(18)5-7-13/h3-9,16H,10H2,1-2H3,(H,19,21). The first-order valence-electron chi connectivity index (χ1n) is 7.50. The van der Waals surface area contributed by atoms with E-state index in [1.807, 2.05) is 24.3 Å². The molecule has 0 aliphatic heterocycles. The average molecular weight is 441 g/mol. The Morgan fingerprint density at radius 2 is 1.88 bits per heavy atom. The third-order valence-electron chi connectivity index (χ3n) is 3.41. The van der Waals surface area contributed by atoms with Crippen LogP contribution in [-0.4, -0.2) is 37.9 Å². The highest BCUT2D eigenvalue weighted by molar-refractivity contribution is 9.10. The molecule has 0 aliphatic carbocycles. The number of carbonyl (C=O) groups is 1. The first-order chi connectivity index (χ1) is 12.4. The number of nitro groups is 1. The quantitative estimate of drug-likeness (QED) is 0.380. The zero-order valence-electron chi connectivity index (χ0n) is 14.1. The number of nitro benzene ring substituents is 1. The lowest BCUT2D eigenvalue weighted by molar-refractivity contribution is -0.387. The smallest absolute Gasteiger partial charge is 0.284 e. The number of rotatable bonds is 8. The van der Waals surface area contributed by atoms with Gasteiger partial charge in [-0.2, -0.15) is 0 Å². The van der Waals surface area contributed by atoms with Gasteiger partial charge in [0.1, 0.15) is 0 Å². The normalized spacial score (nSPS) is 10.8. The van der Waals surface area contributed by atoms with Gasteiger partial charge in [0.25, 0.3) is 11.6 Å². The number of nitrogens with zero attached hydrogens (tertiary/aromatic N) is 1. The van der Waals surface area contributed by atoms with Gasteiger partial charge >= 0.3 is 0 Å². The molecule has 0 aromatic heterocycles. The van der Waals surface area contributed by atoms with Crippen LogP contribution in [0.5, 0.6) is 0 Å². The van der Waals surface area contributed by atoms with E-state index in [4.69, 9.17) is 9.47 Å². The van der Waals surface area contributed by atoms with Crippen molar-refractivity contribution in [3.63, 3.8) is 0 Å². The average Bonchev–Trinajstić information content (AvgIpc) is 2.64. The van der Waals surface area contributed by atoms with Crippen LogP contribution < -0.4 is 5.32 Å². The molecule has 26 heavy (non-hydrogen) atoms. The van der Waals surface area contributed by atoms with E-state index in [2.05, 4.69) is 21.2 Å². The van der Waals surface area contributed by atoms with Crippen LogP contribution in [0.25, 0.3) is 0 Å². The Balaban J connectivity index is 2.18. The molecule has 0 fully saturated rings. The summed E-state index contributed by atoms with van der Waals surface area (Å²) in [5, 5.41) is 14.0. The van der Waals surface area contributed by atoms with Crippen molar-refractivity contribution < 1.29 is 19.2 Å². The number of nitrogens with one attached hydrogen (secondary N) is 1. The van der Waals surface area contributed by atoms with Gasteiger partial charge < -0.3 is 14.8 Å². The summed E-state index contributed by atoms with van der Waals surface area (Å²) in [7, 11) is 2.92. The minimum atomic E-state index is -0.582. The first-order valence-corrected chi connectivity index (χ1v) is 9.11. The fraction of sp³-hybridized carbons (Fsp3) is 0.235. The Labute approximate surface area is 163 Å². The van der Waals surface area contributed by atoms with Gasteiger partial charge in [0.05, 0.1) is 16.4 Å². The van der Waals surface area contributed by atoms with Gasteiger partial charge in [-0.15, -0.1) is 0 Å².